The maximum atomic E-state index is 13.7. The molecule has 2 aromatic heterocycles. The largest absolute Gasteiger partial charge is 0.495 e. The van der Waals surface area contributed by atoms with Crippen molar-refractivity contribution in [3.05, 3.63) is 76.7 Å². The second-order valence-corrected chi connectivity index (χ2v) is 9.22. The number of rotatable bonds is 9. The zero-order valence-electron chi connectivity index (χ0n) is 19.5. The molecule has 3 amide bonds. The predicted molar refractivity (Wildman–Crippen MR) is 135 cm³/mol. The van der Waals surface area contributed by atoms with Gasteiger partial charge in [0.2, 0.25) is 11.8 Å². The third-order valence-electron chi connectivity index (χ3n) is 5.97. The summed E-state index contributed by atoms with van der Waals surface area (Å²) < 4.78 is 5.53. The minimum absolute atomic E-state index is 0.0647. The van der Waals surface area contributed by atoms with Gasteiger partial charge in [0.1, 0.15) is 11.8 Å². The first kappa shape index (κ1) is 24.4. The molecule has 0 aliphatic heterocycles. The van der Waals surface area contributed by atoms with Crippen molar-refractivity contribution in [1.29, 1.82) is 0 Å². The van der Waals surface area contributed by atoms with Crippen LogP contribution in [0.2, 0.25) is 0 Å². The van der Waals surface area contributed by atoms with Crippen molar-refractivity contribution in [2.45, 2.75) is 37.8 Å². The van der Waals surface area contributed by atoms with Crippen LogP contribution in [0.4, 0.5) is 5.69 Å². The van der Waals surface area contributed by atoms with Crippen LogP contribution in [-0.4, -0.2) is 42.4 Å². The lowest BCUT2D eigenvalue weighted by atomic mass is 10.0. The summed E-state index contributed by atoms with van der Waals surface area (Å²) in [5.74, 6) is -0.654. The summed E-state index contributed by atoms with van der Waals surface area (Å²) in [5, 5.41) is 7.60. The number of benzene rings is 1. The summed E-state index contributed by atoms with van der Waals surface area (Å²) in [6, 6.07) is 13.1. The van der Waals surface area contributed by atoms with Gasteiger partial charge in [-0.3, -0.25) is 24.3 Å². The van der Waals surface area contributed by atoms with Crippen LogP contribution >= 0.6 is 11.3 Å². The predicted octanol–water partition coefficient (Wildman–Crippen LogP) is 3.71. The highest BCUT2D eigenvalue weighted by atomic mass is 32.1. The second-order valence-electron chi connectivity index (χ2n) is 8.27. The topological polar surface area (TPSA) is 101 Å². The molecule has 0 radical (unpaired) electrons. The fourth-order valence-corrected chi connectivity index (χ4v) is 4.93. The molecule has 1 aliphatic rings. The van der Waals surface area contributed by atoms with Crippen LogP contribution in [0.3, 0.4) is 0 Å². The molecule has 2 heterocycles. The molecule has 0 unspecified atom stereocenters. The number of methoxy groups -OCH3 is 1. The van der Waals surface area contributed by atoms with E-state index in [9.17, 15) is 14.4 Å². The summed E-state index contributed by atoms with van der Waals surface area (Å²) in [5.41, 5.74) is 0.993. The van der Waals surface area contributed by atoms with Crippen molar-refractivity contribution in [3.63, 3.8) is 0 Å². The van der Waals surface area contributed by atoms with Crippen molar-refractivity contribution in [3.8, 4) is 5.75 Å². The number of anilines is 1. The van der Waals surface area contributed by atoms with Gasteiger partial charge in [-0.05, 0) is 42.5 Å². The highest BCUT2D eigenvalue weighted by Gasteiger charge is 2.35. The van der Waals surface area contributed by atoms with Gasteiger partial charge in [0.15, 0.2) is 0 Å². The summed E-state index contributed by atoms with van der Waals surface area (Å²) in [4.78, 5) is 46.0. The van der Waals surface area contributed by atoms with Crippen molar-refractivity contribution in [2.24, 2.45) is 0 Å². The molecular weight excluding hydrogens is 464 g/mol. The quantitative estimate of drug-likeness (QED) is 0.474. The number of para-hydroxylation sites is 2. The summed E-state index contributed by atoms with van der Waals surface area (Å²) in [6.07, 6.45) is 7.14. The van der Waals surface area contributed by atoms with Crippen LogP contribution in [-0.2, 0) is 9.59 Å². The lowest BCUT2D eigenvalue weighted by Gasteiger charge is -2.33. The van der Waals surface area contributed by atoms with Gasteiger partial charge in [-0.15, -0.1) is 11.3 Å². The van der Waals surface area contributed by atoms with Crippen LogP contribution in [0.25, 0.3) is 0 Å². The van der Waals surface area contributed by atoms with E-state index in [0.29, 0.717) is 21.9 Å². The van der Waals surface area contributed by atoms with E-state index in [2.05, 4.69) is 15.6 Å². The van der Waals surface area contributed by atoms with Gasteiger partial charge in [-0.25, -0.2) is 0 Å². The molecule has 0 bridgehead atoms. The standard InChI is InChI=1S/C26H28N4O4S/c1-34-21-12-5-4-11-20(21)30(23(31)17-28-25(32)22-13-7-15-35-22)24(18-8-6-14-27-16-18)26(33)29-19-9-2-3-10-19/h4-8,11-16,19,24H,2-3,9-10,17H2,1H3,(H,28,32)(H,29,33)/t24-/m1/s1. The molecule has 35 heavy (non-hydrogen) atoms. The summed E-state index contributed by atoms with van der Waals surface area (Å²) in [6.45, 7) is -0.289. The number of carbonyl (C=O) groups excluding carboxylic acids is 3. The second kappa shape index (κ2) is 11.6. The molecule has 2 N–H and O–H groups in total. The number of ether oxygens (including phenoxy) is 1. The van der Waals surface area contributed by atoms with Crippen LogP contribution in [0.15, 0.2) is 66.3 Å². The average Bonchev–Trinajstić information content (AvgIpc) is 3.61. The van der Waals surface area contributed by atoms with Crippen LogP contribution < -0.4 is 20.3 Å². The number of thiophene rings is 1. The first-order valence-electron chi connectivity index (χ1n) is 11.6. The Kier molecular flexibility index (Phi) is 8.10. The lowest BCUT2D eigenvalue weighted by Crippen LogP contribution is -2.49. The molecule has 1 aliphatic carbocycles. The van der Waals surface area contributed by atoms with Crippen molar-refractivity contribution < 1.29 is 19.1 Å². The Labute approximate surface area is 208 Å². The van der Waals surface area contributed by atoms with E-state index in [1.54, 1.807) is 66.3 Å². The smallest absolute Gasteiger partial charge is 0.261 e. The zero-order valence-corrected chi connectivity index (χ0v) is 20.3. The molecule has 8 nitrogen and oxygen atoms in total. The van der Waals surface area contributed by atoms with Crippen molar-refractivity contribution in [1.82, 2.24) is 15.6 Å². The maximum absolute atomic E-state index is 13.7. The van der Waals surface area contributed by atoms with E-state index in [-0.39, 0.29) is 24.4 Å². The third kappa shape index (κ3) is 5.86. The third-order valence-corrected chi connectivity index (χ3v) is 6.84. The molecule has 1 atom stereocenters. The first-order chi connectivity index (χ1) is 17.1. The highest BCUT2D eigenvalue weighted by molar-refractivity contribution is 7.12. The molecule has 4 rings (SSSR count). The van der Waals surface area contributed by atoms with Crippen molar-refractivity contribution >= 4 is 34.7 Å². The normalized spacial score (nSPS) is 14.2. The number of aromatic nitrogens is 1. The lowest BCUT2D eigenvalue weighted by molar-refractivity contribution is -0.126. The van der Waals surface area contributed by atoms with Gasteiger partial charge in [0.05, 0.1) is 24.2 Å². The van der Waals surface area contributed by atoms with Crippen molar-refractivity contribution in [2.75, 3.05) is 18.6 Å². The van der Waals surface area contributed by atoms with Gasteiger partial charge < -0.3 is 15.4 Å². The number of nitrogens with zero attached hydrogens (tertiary/aromatic N) is 2. The fourth-order valence-electron chi connectivity index (χ4n) is 4.29. The highest BCUT2D eigenvalue weighted by Crippen LogP contribution is 2.35. The number of pyridine rings is 1. The van der Waals surface area contributed by atoms with Gasteiger partial charge in [-0.2, -0.15) is 0 Å². The van der Waals surface area contributed by atoms with E-state index in [1.807, 2.05) is 0 Å². The number of amides is 3. The Hall–Kier alpha value is -3.72. The molecule has 1 aromatic carbocycles. The van der Waals surface area contributed by atoms with E-state index in [0.717, 1.165) is 25.7 Å². The molecule has 9 heteroatoms. The minimum Gasteiger partial charge on any atom is -0.495 e. The minimum atomic E-state index is -0.994. The molecule has 3 aromatic rings. The summed E-state index contributed by atoms with van der Waals surface area (Å²) >= 11 is 1.29. The Balaban J connectivity index is 1.70. The number of carbonyl (C=O) groups is 3. The maximum Gasteiger partial charge on any atom is 0.261 e. The number of hydrogen-bond donors (Lipinski definition) is 2. The molecule has 0 saturated heterocycles. The van der Waals surface area contributed by atoms with Crippen LogP contribution in [0.5, 0.6) is 5.75 Å². The van der Waals surface area contributed by atoms with Gasteiger partial charge >= 0.3 is 0 Å². The van der Waals surface area contributed by atoms with E-state index in [1.165, 1.54) is 23.3 Å². The molecule has 1 saturated carbocycles. The Morgan fingerprint density at radius 2 is 1.91 bits per heavy atom. The SMILES string of the molecule is COc1ccccc1N(C(=O)CNC(=O)c1cccs1)[C@@H](C(=O)NC1CCCC1)c1cccnc1. The molecule has 0 spiro atoms. The zero-order chi connectivity index (χ0) is 24.6. The Morgan fingerprint density at radius 1 is 1.11 bits per heavy atom. The Bertz CT molecular complexity index is 1150. The monoisotopic (exact) mass is 492 g/mol. The number of hydrogen-bond acceptors (Lipinski definition) is 6. The van der Waals surface area contributed by atoms with E-state index >= 15 is 0 Å². The first-order valence-corrected chi connectivity index (χ1v) is 12.4. The fraction of sp³-hybridized carbons (Fsp3) is 0.308. The molecule has 182 valence electrons. The van der Waals surface area contributed by atoms with Gasteiger partial charge in [0.25, 0.3) is 5.91 Å². The number of nitrogens with one attached hydrogen (secondary N) is 2. The summed E-state index contributed by atoms with van der Waals surface area (Å²) in [7, 11) is 1.51. The average molecular weight is 493 g/mol. The van der Waals surface area contributed by atoms with E-state index < -0.39 is 11.9 Å². The molecule has 1 fully saturated rings. The van der Waals surface area contributed by atoms with Crippen LogP contribution in [0, 0.1) is 0 Å². The van der Waals surface area contributed by atoms with E-state index in [4.69, 9.17) is 4.74 Å². The van der Waals surface area contributed by atoms with Gasteiger partial charge in [-0.1, -0.05) is 37.1 Å². The molecular formula is C26H28N4O4S. The van der Waals surface area contributed by atoms with Gasteiger partial charge in [0, 0.05) is 24.0 Å². The Morgan fingerprint density at radius 3 is 2.60 bits per heavy atom. The van der Waals surface area contributed by atoms with Crippen LogP contribution in [0.1, 0.15) is 47.0 Å².